The first-order valence-corrected chi connectivity index (χ1v) is 6.92. The molecule has 1 aromatic carbocycles. The summed E-state index contributed by atoms with van der Waals surface area (Å²) in [4.78, 5) is 4.34. The van der Waals surface area contributed by atoms with Crippen LogP contribution in [0.2, 0.25) is 0 Å². The highest BCUT2D eigenvalue weighted by Crippen LogP contribution is 2.10. The van der Waals surface area contributed by atoms with Crippen molar-refractivity contribution in [2.45, 2.75) is 26.3 Å². The van der Waals surface area contributed by atoms with E-state index >= 15 is 0 Å². The van der Waals surface area contributed by atoms with E-state index in [-0.39, 0.29) is 24.0 Å². The van der Waals surface area contributed by atoms with Crippen LogP contribution in [0, 0.1) is 0 Å². The van der Waals surface area contributed by atoms with Crippen molar-refractivity contribution >= 4 is 29.9 Å². The fraction of sp³-hybridized carbons (Fsp3) is 0.333. The zero-order valence-electron chi connectivity index (χ0n) is 12.2. The van der Waals surface area contributed by atoms with Gasteiger partial charge in [0.05, 0.1) is 12.2 Å². The second kappa shape index (κ2) is 9.38. The predicted molar refractivity (Wildman–Crippen MR) is 97.2 cm³/mol. The number of benzene rings is 1. The molecule has 5 nitrogen and oxygen atoms in total. The molecule has 1 heterocycles. The van der Waals surface area contributed by atoms with Gasteiger partial charge < -0.3 is 11.1 Å². The Labute approximate surface area is 142 Å². The Morgan fingerprint density at radius 1 is 1.38 bits per heavy atom. The number of guanidine groups is 1. The van der Waals surface area contributed by atoms with Crippen LogP contribution >= 0.6 is 24.0 Å². The van der Waals surface area contributed by atoms with Crippen LogP contribution in [0.4, 0.5) is 0 Å². The van der Waals surface area contributed by atoms with Crippen LogP contribution in [0.3, 0.4) is 0 Å². The van der Waals surface area contributed by atoms with Crippen molar-refractivity contribution in [1.29, 1.82) is 0 Å². The molecule has 0 bridgehead atoms. The standard InChI is InChI=1S/C15H21N5.HI/c1-2-3-8-17-15(16)18-12-13-6-4-7-14(11-13)20-10-5-9-19-20;/h4-7,9-11H,2-3,8,12H2,1H3,(H3,16,17,18);1H. The number of halogens is 1. The SMILES string of the molecule is CCCCNC(N)=NCc1cccc(-n2cccn2)c1.I. The zero-order valence-corrected chi connectivity index (χ0v) is 14.5. The van der Waals surface area contributed by atoms with Gasteiger partial charge >= 0.3 is 0 Å². The molecule has 0 atom stereocenters. The van der Waals surface area contributed by atoms with Gasteiger partial charge in [-0.2, -0.15) is 5.10 Å². The summed E-state index contributed by atoms with van der Waals surface area (Å²) in [5.74, 6) is 0.503. The van der Waals surface area contributed by atoms with E-state index in [1.807, 2.05) is 35.1 Å². The van der Waals surface area contributed by atoms with Crippen molar-refractivity contribution < 1.29 is 0 Å². The number of hydrogen-bond donors (Lipinski definition) is 2. The molecule has 0 amide bonds. The number of nitrogens with zero attached hydrogens (tertiary/aromatic N) is 3. The molecular weight excluding hydrogens is 377 g/mol. The Balaban J connectivity index is 0.00000220. The first-order chi connectivity index (χ1) is 9.79. The van der Waals surface area contributed by atoms with Crippen LogP contribution in [-0.2, 0) is 6.54 Å². The Hall–Kier alpha value is -1.57. The largest absolute Gasteiger partial charge is 0.370 e. The molecule has 114 valence electrons. The highest BCUT2D eigenvalue weighted by atomic mass is 127. The molecule has 0 saturated heterocycles. The van der Waals surface area contributed by atoms with E-state index in [9.17, 15) is 0 Å². The summed E-state index contributed by atoms with van der Waals surface area (Å²) in [6.07, 6.45) is 5.93. The van der Waals surface area contributed by atoms with Gasteiger partial charge in [-0.1, -0.05) is 25.5 Å². The first-order valence-electron chi connectivity index (χ1n) is 6.92. The van der Waals surface area contributed by atoms with Gasteiger partial charge in [0, 0.05) is 18.9 Å². The normalized spacial score (nSPS) is 11.0. The van der Waals surface area contributed by atoms with Gasteiger partial charge in [0.2, 0.25) is 0 Å². The van der Waals surface area contributed by atoms with Crippen molar-refractivity contribution in [3.8, 4) is 5.69 Å². The average molecular weight is 399 g/mol. The highest BCUT2D eigenvalue weighted by molar-refractivity contribution is 14.0. The van der Waals surface area contributed by atoms with Crippen LogP contribution in [-0.4, -0.2) is 22.3 Å². The number of nitrogens with two attached hydrogens (primary N) is 1. The minimum atomic E-state index is 0. The fourth-order valence-electron chi connectivity index (χ4n) is 1.84. The Bertz CT molecular complexity index is 551. The van der Waals surface area contributed by atoms with Crippen molar-refractivity contribution in [2.24, 2.45) is 10.7 Å². The number of aliphatic imine (C=N–C) groups is 1. The van der Waals surface area contributed by atoms with Gasteiger partial charge in [-0.15, -0.1) is 24.0 Å². The third-order valence-corrected chi connectivity index (χ3v) is 2.95. The first kappa shape index (κ1) is 17.5. The Morgan fingerprint density at radius 2 is 2.24 bits per heavy atom. The van der Waals surface area contributed by atoms with E-state index in [4.69, 9.17) is 5.73 Å². The van der Waals surface area contributed by atoms with Crippen LogP contribution in [0.15, 0.2) is 47.7 Å². The molecular formula is C15H22IN5. The monoisotopic (exact) mass is 399 g/mol. The number of unbranched alkanes of at least 4 members (excludes halogenated alkanes) is 1. The van der Waals surface area contributed by atoms with E-state index in [0.717, 1.165) is 30.6 Å². The average Bonchev–Trinajstić information content (AvgIpc) is 3.00. The molecule has 1 aromatic heterocycles. The maximum absolute atomic E-state index is 5.82. The Kier molecular flexibility index (Phi) is 7.81. The predicted octanol–water partition coefficient (Wildman–Crippen LogP) is 2.69. The van der Waals surface area contributed by atoms with E-state index in [2.05, 4.69) is 28.4 Å². The summed E-state index contributed by atoms with van der Waals surface area (Å²) in [6.45, 7) is 3.59. The zero-order chi connectivity index (χ0) is 14.2. The molecule has 0 spiro atoms. The molecule has 3 N–H and O–H groups in total. The molecule has 0 unspecified atom stereocenters. The minimum absolute atomic E-state index is 0. The third kappa shape index (κ3) is 5.74. The summed E-state index contributed by atoms with van der Waals surface area (Å²) in [6, 6.07) is 10.0. The number of nitrogens with one attached hydrogen (secondary N) is 1. The molecule has 0 aliphatic rings. The van der Waals surface area contributed by atoms with Crippen LogP contribution in [0.25, 0.3) is 5.69 Å². The summed E-state index contributed by atoms with van der Waals surface area (Å²) in [7, 11) is 0. The summed E-state index contributed by atoms with van der Waals surface area (Å²) >= 11 is 0. The van der Waals surface area contributed by atoms with Gasteiger partial charge in [-0.25, -0.2) is 9.67 Å². The lowest BCUT2D eigenvalue weighted by Crippen LogP contribution is -2.32. The van der Waals surface area contributed by atoms with E-state index < -0.39 is 0 Å². The van der Waals surface area contributed by atoms with Crippen LogP contribution in [0.5, 0.6) is 0 Å². The molecule has 0 aliphatic carbocycles. The summed E-state index contributed by atoms with van der Waals surface area (Å²) in [5, 5.41) is 7.32. The lowest BCUT2D eigenvalue weighted by molar-refractivity contribution is 0.748. The van der Waals surface area contributed by atoms with Gasteiger partial charge in [-0.3, -0.25) is 0 Å². The maximum atomic E-state index is 5.82. The molecule has 6 heteroatoms. The number of hydrogen-bond acceptors (Lipinski definition) is 2. The van der Waals surface area contributed by atoms with Gasteiger partial charge in [0.1, 0.15) is 0 Å². The summed E-state index contributed by atoms with van der Waals surface area (Å²) < 4.78 is 1.83. The van der Waals surface area contributed by atoms with Gasteiger partial charge in [-0.05, 0) is 30.2 Å². The molecule has 0 fully saturated rings. The van der Waals surface area contributed by atoms with Crippen LogP contribution in [0.1, 0.15) is 25.3 Å². The van der Waals surface area contributed by atoms with Gasteiger partial charge in [0.25, 0.3) is 0 Å². The summed E-state index contributed by atoms with van der Waals surface area (Å²) in [5.41, 5.74) is 7.95. The third-order valence-electron chi connectivity index (χ3n) is 2.95. The van der Waals surface area contributed by atoms with E-state index in [1.54, 1.807) is 6.20 Å². The van der Waals surface area contributed by atoms with Crippen molar-refractivity contribution in [3.05, 3.63) is 48.3 Å². The van der Waals surface area contributed by atoms with Gasteiger partial charge in [0.15, 0.2) is 5.96 Å². The number of rotatable bonds is 6. The topological polar surface area (TPSA) is 68.2 Å². The maximum Gasteiger partial charge on any atom is 0.188 e. The second-order valence-electron chi connectivity index (χ2n) is 4.60. The lowest BCUT2D eigenvalue weighted by Gasteiger charge is -2.06. The van der Waals surface area contributed by atoms with Crippen LogP contribution < -0.4 is 11.1 Å². The number of aromatic nitrogens is 2. The quantitative estimate of drug-likeness (QED) is 0.340. The highest BCUT2D eigenvalue weighted by Gasteiger charge is 1.98. The minimum Gasteiger partial charge on any atom is -0.370 e. The molecule has 0 radical (unpaired) electrons. The molecule has 0 saturated carbocycles. The fourth-order valence-corrected chi connectivity index (χ4v) is 1.84. The molecule has 21 heavy (non-hydrogen) atoms. The van der Waals surface area contributed by atoms with Crippen molar-refractivity contribution in [2.75, 3.05) is 6.54 Å². The van der Waals surface area contributed by atoms with Crippen molar-refractivity contribution in [3.63, 3.8) is 0 Å². The molecule has 2 rings (SSSR count). The van der Waals surface area contributed by atoms with E-state index in [0.29, 0.717) is 12.5 Å². The lowest BCUT2D eigenvalue weighted by atomic mass is 10.2. The molecule has 2 aromatic rings. The van der Waals surface area contributed by atoms with Crippen molar-refractivity contribution in [1.82, 2.24) is 15.1 Å². The van der Waals surface area contributed by atoms with E-state index in [1.165, 1.54) is 0 Å². The second-order valence-corrected chi connectivity index (χ2v) is 4.60. The molecule has 0 aliphatic heterocycles. The smallest absolute Gasteiger partial charge is 0.188 e. The Morgan fingerprint density at radius 3 is 2.95 bits per heavy atom.